The second kappa shape index (κ2) is 8.80. The molecule has 0 unspecified atom stereocenters. The lowest BCUT2D eigenvalue weighted by Gasteiger charge is -2.17. The number of aromatic nitrogens is 3. The highest BCUT2D eigenvalue weighted by atomic mass is 32.1. The van der Waals surface area contributed by atoms with Crippen molar-refractivity contribution >= 4 is 40.4 Å². The molecule has 0 bridgehead atoms. The van der Waals surface area contributed by atoms with Crippen LogP contribution in [0.5, 0.6) is 0 Å². The highest BCUT2D eigenvalue weighted by molar-refractivity contribution is 7.13. The normalized spacial score (nSPS) is 13.3. The summed E-state index contributed by atoms with van der Waals surface area (Å²) in [5.41, 5.74) is 2.65. The Hall–Kier alpha value is -3.72. The fourth-order valence-corrected chi connectivity index (χ4v) is 4.27. The average Bonchev–Trinajstić information content (AvgIpc) is 3.57. The lowest BCUT2D eigenvalue weighted by molar-refractivity contribution is 0.101. The molecule has 4 heterocycles. The Morgan fingerprint density at radius 2 is 1.84 bits per heavy atom. The van der Waals surface area contributed by atoms with Crippen molar-refractivity contribution in [3.8, 4) is 10.6 Å². The Morgan fingerprint density at radius 1 is 1.06 bits per heavy atom. The molecule has 1 saturated heterocycles. The van der Waals surface area contributed by atoms with Crippen molar-refractivity contribution in [2.75, 3.05) is 28.6 Å². The monoisotopic (exact) mass is 446 g/mol. The van der Waals surface area contributed by atoms with Gasteiger partial charge in [-0.3, -0.25) is 4.79 Å². The molecule has 0 atom stereocenters. The number of thiophene rings is 1. The number of benzene rings is 1. The van der Waals surface area contributed by atoms with Gasteiger partial charge in [0, 0.05) is 42.3 Å². The molecule has 0 spiro atoms. The van der Waals surface area contributed by atoms with Crippen molar-refractivity contribution in [1.82, 2.24) is 15.1 Å². The van der Waals surface area contributed by atoms with E-state index in [-0.39, 0.29) is 11.6 Å². The number of aryl methyl sites for hydroxylation is 1. The Bertz CT molecular complexity index is 1210. The molecule has 32 heavy (non-hydrogen) atoms. The van der Waals surface area contributed by atoms with E-state index in [1.54, 1.807) is 6.07 Å². The number of hydrogen-bond acceptors (Lipinski definition) is 8. The molecule has 1 amide bonds. The fourth-order valence-electron chi connectivity index (χ4n) is 3.59. The summed E-state index contributed by atoms with van der Waals surface area (Å²) in [6.45, 7) is 4.04. The highest BCUT2D eigenvalue weighted by Gasteiger charge is 2.16. The van der Waals surface area contributed by atoms with Gasteiger partial charge in [-0.05, 0) is 55.5 Å². The van der Waals surface area contributed by atoms with Crippen LogP contribution in [-0.4, -0.2) is 34.1 Å². The molecule has 2 N–H and O–H groups in total. The minimum atomic E-state index is -0.325. The van der Waals surface area contributed by atoms with Gasteiger partial charge in [0.05, 0.1) is 4.88 Å². The van der Waals surface area contributed by atoms with Crippen molar-refractivity contribution in [2.45, 2.75) is 19.8 Å². The summed E-state index contributed by atoms with van der Waals surface area (Å²) in [5, 5.41) is 11.9. The number of amides is 1. The smallest absolute Gasteiger partial charge is 0.277 e. The SMILES string of the molecule is Cc1cc(N2CCCC2)nc(Nc2ccc(NC(=O)c3cc(-c4cccs4)on3)cc2)n1. The minimum absolute atomic E-state index is 0.234. The first kappa shape index (κ1) is 20.2. The number of carbonyl (C=O) groups excluding carboxylic acids is 1. The molecule has 0 saturated carbocycles. The molecular weight excluding hydrogens is 424 g/mol. The van der Waals surface area contributed by atoms with E-state index >= 15 is 0 Å². The summed E-state index contributed by atoms with van der Waals surface area (Å²) in [6.07, 6.45) is 2.39. The van der Waals surface area contributed by atoms with Gasteiger partial charge in [0.25, 0.3) is 5.91 Å². The van der Waals surface area contributed by atoms with E-state index in [1.807, 2.05) is 54.8 Å². The third-order valence-electron chi connectivity index (χ3n) is 5.18. The minimum Gasteiger partial charge on any atom is -0.356 e. The van der Waals surface area contributed by atoms with Crippen LogP contribution in [0.2, 0.25) is 0 Å². The van der Waals surface area contributed by atoms with Crippen LogP contribution >= 0.6 is 11.3 Å². The van der Waals surface area contributed by atoms with Crippen LogP contribution in [0, 0.1) is 6.92 Å². The Balaban J connectivity index is 1.24. The van der Waals surface area contributed by atoms with Gasteiger partial charge in [0.2, 0.25) is 5.95 Å². The second-order valence-electron chi connectivity index (χ2n) is 7.60. The van der Waals surface area contributed by atoms with Crippen molar-refractivity contribution in [3.05, 3.63) is 65.3 Å². The molecule has 1 aromatic carbocycles. The maximum Gasteiger partial charge on any atom is 0.277 e. The quantitative estimate of drug-likeness (QED) is 0.425. The van der Waals surface area contributed by atoms with Gasteiger partial charge in [0.15, 0.2) is 11.5 Å². The van der Waals surface area contributed by atoms with Crippen LogP contribution in [-0.2, 0) is 0 Å². The number of carbonyl (C=O) groups is 1. The molecular formula is C23H22N6O2S. The number of anilines is 4. The summed E-state index contributed by atoms with van der Waals surface area (Å²) < 4.78 is 5.28. The van der Waals surface area contributed by atoms with E-state index in [4.69, 9.17) is 4.52 Å². The van der Waals surface area contributed by atoms with E-state index < -0.39 is 0 Å². The maximum atomic E-state index is 12.5. The molecule has 9 heteroatoms. The van der Waals surface area contributed by atoms with Gasteiger partial charge < -0.3 is 20.1 Å². The standard InChI is InChI=1S/C23H22N6O2S/c1-15-13-21(29-10-2-3-11-29)27-23(24-15)26-17-8-6-16(7-9-17)25-22(30)18-14-19(31-28-18)20-5-4-12-32-20/h4-9,12-14H,2-3,10-11H2,1H3,(H,25,30)(H,24,26,27). The van der Waals surface area contributed by atoms with Gasteiger partial charge >= 0.3 is 0 Å². The molecule has 0 radical (unpaired) electrons. The van der Waals surface area contributed by atoms with Crippen molar-refractivity contribution in [2.24, 2.45) is 0 Å². The Kier molecular flexibility index (Phi) is 5.55. The molecule has 4 aromatic rings. The van der Waals surface area contributed by atoms with Gasteiger partial charge in [0.1, 0.15) is 5.82 Å². The zero-order valence-corrected chi connectivity index (χ0v) is 18.4. The van der Waals surface area contributed by atoms with Gasteiger partial charge in [-0.1, -0.05) is 11.2 Å². The summed E-state index contributed by atoms with van der Waals surface area (Å²) in [6, 6.07) is 14.9. The molecule has 8 nitrogen and oxygen atoms in total. The third kappa shape index (κ3) is 4.47. The number of nitrogens with one attached hydrogen (secondary N) is 2. The Labute approximate surface area is 189 Å². The fraction of sp³-hybridized carbons (Fsp3) is 0.217. The lowest BCUT2D eigenvalue weighted by atomic mass is 10.2. The first-order valence-electron chi connectivity index (χ1n) is 10.4. The van der Waals surface area contributed by atoms with E-state index in [9.17, 15) is 4.79 Å². The third-order valence-corrected chi connectivity index (χ3v) is 6.06. The second-order valence-corrected chi connectivity index (χ2v) is 8.54. The van der Waals surface area contributed by atoms with E-state index in [0.29, 0.717) is 17.4 Å². The van der Waals surface area contributed by atoms with Crippen LogP contribution < -0.4 is 15.5 Å². The van der Waals surface area contributed by atoms with Crippen molar-refractivity contribution in [3.63, 3.8) is 0 Å². The van der Waals surface area contributed by atoms with Crippen molar-refractivity contribution in [1.29, 1.82) is 0 Å². The number of hydrogen-bond donors (Lipinski definition) is 2. The maximum absolute atomic E-state index is 12.5. The predicted molar refractivity (Wildman–Crippen MR) is 126 cm³/mol. The largest absolute Gasteiger partial charge is 0.356 e. The summed E-state index contributed by atoms with van der Waals surface area (Å²) in [7, 11) is 0. The summed E-state index contributed by atoms with van der Waals surface area (Å²) in [4.78, 5) is 24.9. The number of nitrogens with zero attached hydrogens (tertiary/aromatic N) is 4. The van der Waals surface area contributed by atoms with Crippen LogP contribution in [0.4, 0.5) is 23.1 Å². The summed E-state index contributed by atoms with van der Waals surface area (Å²) >= 11 is 1.53. The molecule has 1 fully saturated rings. The van der Waals surface area contributed by atoms with Crippen molar-refractivity contribution < 1.29 is 9.32 Å². The van der Waals surface area contributed by atoms with E-state index in [0.717, 1.165) is 35.2 Å². The highest BCUT2D eigenvalue weighted by Crippen LogP contribution is 2.26. The van der Waals surface area contributed by atoms with Gasteiger partial charge in [-0.25, -0.2) is 4.98 Å². The van der Waals surface area contributed by atoms with Gasteiger partial charge in [-0.2, -0.15) is 4.98 Å². The Morgan fingerprint density at radius 3 is 2.59 bits per heavy atom. The lowest BCUT2D eigenvalue weighted by Crippen LogP contribution is -2.19. The van der Waals surface area contributed by atoms with Gasteiger partial charge in [-0.15, -0.1) is 11.3 Å². The van der Waals surface area contributed by atoms with Crippen LogP contribution in [0.1, 0.15) is 29.0 Å². The topological polar surface area (TPSA) is 96.2 Å². The van der Waals surface area contributed by atoms with Crippen LogP contribution in [0.25, 0.3) is 10.6 Å². The zero-order valence-electron chi connectivity index (χ0n) is 17.5. The molecule has 1 aliphatic heterocycles. The average molecular weight is 447 g/mol. The van der Waals surface area contributed by atoms with E-state index in [1.165, 1.54) is 24.2 Å². The zero-order chi connectivity index (χ0) is 21.9. The van der Waals surface area contributed by atoms with E-state index in [2.05, 4.69) is 30.7 Å². The molecule has 1 aliphatic rings. The molecule has 5 rings (SSSR count). The number of rotatable bonds is 6. The molecule has 0 aliphatic carbocycles. The van der Waals surface area contributed by atoms with Crippen LogP contribution in [0.15, 0.2) is 58.4 Å². The molecule has 162 valence electrons. The first-order valence-corrected chi connectivity index (χ1v) is 11.3. The predicted octanol–water partition coefficient (Wildman–Crippen LogP) is 5.10. The molecule has 3 aromatic heterocycles. The first-order chi connectivity index (χ1) is 15.6. The summed E-state index contributed by atoms with van der Waals surface area (Å²) in [5.74, 6) is 1.77. The van der Waals surface area contributed by atoms with Crippen LogP contribution in [0.3, 0.4) is 0 Å².